The highest BCUT2D eigenvalue weighted by molar-refractivity contribution is 14.0. The van der Waals surface area contributed by atoms with E-state index in [-0.39, 0.29) is 24.0 Å². The van der Waals surface area contributed by atoms with E-state index < -0.39 is 0 Å². The van der Waals surface area contributed by atoms with E-state index >= 15 is 0 Å². The van der Waals surface area contributed by atoms with Crippen LogP contribution in [0.4, 0.5) is 0 Å². The Morgan fingerprint density at radius 3 is 2.88 bits per heavy atom. The molecule has 0 aromatic carbocycles. The molecule has 1 aromatic heterocycles. The number of rotatable bonds is 5. The van der Waals surface area contributed by atoms with Crippen LogP contribution in [-0.2, 0) is 16.0 Å². The van der Waals surface area contributed by atoms with Gasteiger partial charge in [-0.05, 0) is 38.2 Å². The van der Waals surface area contributed by atoms with Crippen LogP contribution in [0.15, 0.2) is 17.3 Å². The van der Waals surface area contributed by atoms with Crippen molar-refractivity contribution < 1.29 is 9.47 Å². The molecule has 2 aliphatic heterocycles. The van der Waals surface area contributed by atoms with Crippen molar-refractivity contribution in [2.45, 2.75) is 50.9 Å². The van der Waals surface area contributed by atoms with Crippen molar-refractivity contribution in [2.75, 3.05) is 33.4 Å². The number of aliphatic imine (C=N–C) groups is 1. The number of halogens is 1. The molecule has 0 amide bonds. The van der Waals surface area contributed by atoms with Gasteiger partial charge in [0.15, 0.2) is 5.96 Å². The van der Waals surface area contributed by atoms with Gasteiger partial charge in [-0.2, -0.15) is 5.10 Å². The number of guanidine groups is 1. The molecule has 7 nitrogen and oxygen atoms in total. The van der Waals surface area contributed by atoms with Crippen molar-refractivity contribution in [3.05, 3.63) is 18.0 Å². The van der Waals surface area contributed by atoms with Crippen molar-refractivity contribution in [2.24, 2.45) is 4.99 Å². The fraction of sp³-hybridized carbons (Fsp3) is 0.765. The van der Waals surface area contributed by atoms with E-state index in [0.29, 0.717) is 18.8 Å². The van der Waals surface area contributed by atoms with Gasteiger partial charge in [0.25, 0.3) is 0 Å². The lowest BCUT2D eigenvalue weighted by Gasteiger charge is -2.35. The quantitative estimate of drug-likeness (QED) is 0.398. The van der Waals surface area contributed by atoms with Crippen LogP contribution in [0.1, 0.15) is 37.8 Å². The number of nitrogens with zero attached hydrogens (tertiary/aromatic N) is 3. The molecular weight excluding hydrogens is 433 g/mol. The third-order valence-corrected chi connectivity index (χ3v) is 4.74. The third kappa shape index (κ3) is 6.41. The number of hydrogen-bond acceptors (Lipinski definition) is 4. The average Bonchev–Trinajstić information content (AvgIpc) is 3.16. The Hall–Kier alpha value is -0.870. The molecule has 1 atom stereocenters. The predicted molar refractivity (Wildman–Crippen MR) is 108 cm³/mol. The number of H-pyrrole nitrogens is 1. The number of likely N-dealkylation sites (tertiary alicyclic amines) is 1. The summed E-state index contributed by atoms with van der Waals surface area (Å²) in [7, 11) is 1.83. The second-order valence-corrected chi connectivity index (χ2v) is 6.49. The van der Waals surface area contributed by atoms with Crippen LogP contribution < -0.4 is 5.32 Å². The molecule has 3 heterocycles. The first-order valence-electron chi connectivity index (χ1n) is 9.02. The van der Waals surface area contributed by atoms with Crippen LogP contribution in [0.25, 0.3) is 0 Å². The molecule has 2 fully saturated rings. The summed E-state index contributed by atoms with van der Waals surface area (Å²) in [6.45, 7) is 4.29. The van der Waals surface area contributed by atoms with Gasteiger partial charge in [-0.15, -0.1) is 24.0 Å². The van der Waals surface area contributed by atoms with Gasteiger partial charge in [0.05, 0.1) is 31.1 Å². The zero-order chi connectivity index (χ0) is 16.6. The number of aromatic nitrogens is 2. The van der Waals surface area contributed by atoms with Gasteiger partial charge in [-0.3, -0.25) is 10.1 Å². The Kier molecular flexibility index (Phi) is 8.97. The van der Waals surface area contributed by atoms with E-state index in [2.05, 4.69) is 25.4 Å². The lowest BCUT2D eigenvalue weighted by atomic mass is 10.1. The lowest BCUT2D eigenvalue weighted by molar-refractivity contribution is -0.0721. The Labute approximate surface area is 167 Å². The fourth-order valence-corrected chi connectivity index (χ4v) is 3.31. The van der Waals surface area contributed by atoms with Crippen LogP contribution in [-0.4, -0.2) is 66.6 Å². The Morgan fingerprint density at radius 2 is 2.24 bits per heavy atom. The Balaban J connectivity index is 0.00000225. The van der Waals surface area contributed by atoms with Gasteiger partial charge in [0.1, 0.15) is 0 Å². The number of nitrogens with one attached hydrogen (secondary N) is 2. The van der Waals surface area contributed by atoms with Gasteiger partial charge in [0.2, 0.25) is 0 Å². The van der Waals surface area contributed by atoms with Crippen molar-refractivity contribution >= 4 is 29.9 Å². The Morgan fingerprint density at radius 1 is 1.40 bits per heavy atom. The highest BCUT2D eigenvalue weighted by Gasteiger charge is 2.23. The van der Waals surface area contributed by atoms with Gasteiger partial charge in [-0.1, -0.05) is 0 Å². The van der Waals surface area contributed by atoms with E-state index in [1.54, 1.807) is 6.20 Å². The topological polar surface area (TPSA) is 74.8 Å². The molecule has 2 N–H and O–H groups in total. The van der Waals surface area contributed by atoms with E-state index in [1.807, 2.05) is 13.1 Å². The maximum atomic E-state index is 6.08. The summed E-state index contributed by atoms with van der Waals surface area (Å²) in [4.78, 5) is 6.69. The number of aromatic amines is 1. The molecule has 0 saturated carbocycles. The van der Waals surface area contributed by atoms with Crippen molar-refractivity contribution in [3.63, 3.8) is 0 Å². The predicted octanol–water partition coefficient (Wildman–Crippen LogP) is 2.15. The summed E-state index contributed by atoms with van der Waals surface area (Å²) in [5.74, 6) is 0.943. The molecule has 8 heteroatoms. The summed E-state index contributed by atoms with van der Waals surface area (Å²) in [5, 5.41) is 10.3. The standard InChI is InChI=1S/C17H29N5O2.HI/c1-18-17(19-12-14-5-8-20-21-14)22-9-6-15(7-10-22)24-13-16-4-2-3-11-23-16;/h5,8,15-16H,2-4,6-7,9-13H2,1H3,(H,18,19)(H,20,21);1H. The van der Waals surface area contributed by atoms with E-state index in [0.717, 1.165) is 57.2 Å². The Bertz CT molecular complexity index is 497. The van der Waals surface area contributed by atoms with Gasteiger partial charge < -0.3 is 19.7 Å². The van der Waals surface area contributed by atoms with Gasteiger partial charge in [0, 0.05) is 32.9 Å². The second kappa shape index (κ2) is 11.0. The molecule has 142 valence electrons. The number of hydrogen-bond donors (Lipinski definition) is 2. The first-order valence-corrected chi connectivity index (χ1v) is 9.02. The van der Waals surface area contributed by atoms with Crippen LogP contribution in [0.2, 0.25) is 0 Å². The van der Waals surface area contributed by atoms with Crippen LogP contribution in [0.3, 0.4) is 0 Å². The SMILES string of the molecule is CN=C(NCc1ccn[nH]1)N1CCC(OCC2CCCCO2)CC1.I. The van der Waals surface area contributed by atoms with Gasteiger partial charge in [-0.25, -0.2) is 0 Å². The monoisotopic (exact) mass is 463 g/mol. The molecule has 1 aromatic rings. The minimum absolute atomic E-state index is 0. The largest absolute Gasteiger partial charge is 0.376 e. The van der Waals surface area contributed by atoms with E-state index in [1.165, 1.54) is 12.8 Å². The molecule has 25 heavy (non-hydrogen) atoms. The third-order valence-electron chi connectivity index (χ3n) is 4.74. The molecule has 2 saturated heterocycles. The summed E-state index contributed by atoms with van der Waals surface area (Å²) in [5.41, 5.74) is 1.06. The summed E-state index contributed by atoms with van der Waals surface area (Å²) in [6.07, 6.45) is 8.10. The number of piperidine rings is 1. The molecule has 2 aliphatic rings. The van der Waals surface area contributed by atoms with Gasteiger partial charge >= 0.3 is 0 Å². The van der Waals surface area contributed by atoms with Crippen molar-refractivity contribution in [3.8, 4) is 0 Å². The van der Waals surface area contributed by atoms with Crippen molar-refractivity contribution in [1.82, 2.24) is 20.4 Å². The fourth-order valence-electron chi connectivity index (χ4n) is 3.31. The molecule has 0 aliphatic carbocycles. The molecule has 3 rings (SSSR count). The smallest absolute Gasteiger partial charge is 0.193 e. The molecule has 0 bridgehead atoms. The number of ether oxygens (including phenoxy) is 2. The maximum Gasteiger partial charge on any atom is 0.193 e. The minimum atomic E-state index is 0. The van der Waals surface area contributed by atoms with E-state index in [4.69, 9.17) is 9.47 Å². The van der Waals surface area contributed by atoms with Crippen LogP contribution in [0, 0.1) is 0 Å². The molecule has 0 radical (unpaired) electrons. The van der Waals surface area contributed by atoms with Crippen LogP contribution >= 0.6 is 24.0 Å². The van der Waals surface area contributed by atoms with Crippen LogP contribution in [0.5, 0.6) is 0 Å². The minimum Gasteiger partial charge on any atom is -0.376 e. The molecular formula is C17H30IN5O2. The first-order chi connectivity index (χ1) is 11.8. The molecule has 0 spiro atoms. The highest BCUT2D eigenvalue weighted by atomic mass is 127. The lowest BCUT2D eigenvalue weighted by Crippen LogP contribution is -2.47. The summed E-state index contributed by atoms with van der Waals surface area (Å²) >= 11 is 0. The highest BCUT2D eigenvalue weighted by Crippen LogP contribution is 2.18. The average molecular weight is 463 g/mol. The normalized spacial score (nSPS) is 22.5. The van der Waals surface area contributed by atoms with Crippen molar-refractivity contribution in [1.29, 1.82) is 0 Å². The zero-order valence-corrected chi connectivity index (χ0v) is 17.3. The maximum absolute atomic E-state index is 6.08. The second-order valence-electron chi connectivity index (χ2n) is 6.49. The molecule has 1 unspecified atom stereocenters. The zero-order valence-electron chi connectivity index (χ0n) is 14.9. The summed E-state index contributed by atoms with van der Waals surface area (Å²) < 4.78 is 11.8. The first kappa shape index (κ1) is 20.4. The van der Waals surface area contributed by atoms with E-state index in [9.17, 15) is 0 Å². The summed E-state index contributed by atoms with van der Waals surface area (Å²) in [6, 6.07) is 1.97.